The van der Waals surface area contributed by atoms with Gasteiger partial charge >= 0.3 is 5.97 Å². The second-order valence-electron chi connectivity index (χ2n) is 9.61. The number of nitrogens with one attached hydrogen (secondary N) is 1. The summed E-state index contributed by atoms with van der Waals surface area (Å²) in [6.07, 6.45) is 7.34. The molecule has 1 aliphatic rings. The Kier molecular flexibility index (Phi) is 12.7. The Bertz CT molecular complexity index is 676. The van der Waals surface area contributed by atoms with Gasteiger partial charge in [0.2, 0.25) is 11.8 Å². The number of piperidine rings is 1. The second kappa shape index (κ2) is 14.4. The van der Waals surface area contributed by atoms with Gasteiger partial charge in [-0.25, -0.2) is 4.79 Å². The number of esters is 1. The fourth-order valence-electron chi connectivity index (χ4n) is 4.43. The van der Waals surface area contributed by atoms with Crippen LogP contribution in [0.2, 0.25) is 0 Å². The van der Waals surface area contributed by atoms with E-state index in [4.69, 9.17) is 4.74 Å². The number of likely N-dealkylation sites (N-methyl/N-ethyl adjacent to an activating group) is 1. The van der Waals surface area contributed by atoms with Gasteiger partial charge in [-0.15, -0.1) is 0 Å². The van der Waals surface area contributed by atoms with Crippen molar-refractivity contribution in [1.82, 2.24) is 15.1 Å². The van der Waals surface area contributed by atoms with Gasteiger partial charge in [-0.1, -0.05) is 46.6 Å². The van der Waals surface area contributed by atoms with Crippen LogP contribution < -0.4 is 5.32 Å². The lowest BCUT2D eigenvalue weighted by Crippen LogP contribution is -2.58. The summed E-state index contributed by atoms with van der Waals surface area (Å²) < 4.78 is 5.09. The molecule has 0 aromatic rings. The zero-order valence-corrected chi connectivity index (χ0v) is 22.1. The average molecular weight is 466 g/mol. The van der Waals surface area contributed by atoms with Crippen molar-refractivity contribution >= 4 is 17.8 Å². The summed E-state index contributed by atoms with van der Waals surface area (Å²) in [5.41, 5.74) is 0.492. The van der Waals surface area contributed by atoms with Gasteiger partial charge in [0.05, 0.1) is 18.7 Å². The second-order valence-corrected chi connectivity index (χ2v) is 9.61. The highest BCUT2D eigenvalue weighted by atomic mass is 16.5. The minimum Gasteiger partial charge on any atom is -0.463 e. The molecule has 1 heterocycles. The Balaban J connectivity index is 3.04. The molecule has 0 aromatic heterocycles. The van der Waals surface area contributed by atoms with Crippen LogP contribution >= 0.6 is 0 Å². The van der Waals surface area contributed by atoms with Crippen LogP contribution in [-0.2, 0) is 19.1 Å². The third kappa shape index (κ3) is 8.43. The number of rotatable bonds is 12. The summed E-state index contributed by atoms with van der Waals surface area (Å²) in [5.74, 6) is -0.603. The normalized spacial score (nSPS) is 20.2. The van der Waals surface area contributed by atoms with Crippen LogP contribution in [0.3, 0.4) is 0 Å². The Hall–Kier alpha value is -1.89. The fraction of sp³-hybridized carbons (Fsp3) is 0.808. The zero-order chi connectivity index (χ0) is 25.1. The van der Waals surface area contributed by atoms with Gasteiger partial charge in [-0.05, 0) is 58.9 Å². The van der Waals surface area contributed by atoms with E-state index in [1.807, 2.05) is 26.8 Å². The number of amides is 2. The summed E-state index contributed by atoms with van der Waals surface area (Å²) in [7, 11) is 1.76. The number of hydrogen-bond donors (Lipinski definition) is 1. The molecule has 0 bridgehead atoms. The molecule has 0 saturated carbocycles. The van der Waals surface area contributed by atoms with E-state index in [0.29, 0.717) is 18.2 Å². The summed E-state index contributed by atoms with van der Waals surface area (Å²) in [6.45, 7) is 15.0. The first-order chi connectivity index (χ1) is 15.6. The maximum Gasteiger partial charge on any atom is 0.333 e. The molecule has 0 aliphatic carbocycles. The molecule has 7 nitrogen and oxygen atoms in total. The molecule has 2 amide bonds. The number of nitrogens with zero attached hydrogens (tertiary/aromatic N) is 2. The summed E-state index contributed by atoms with van der Waals surface area (Å²) >= 11 is 0. The van der Waals surface area contributed by atoms with E-state index in [-0.39, 0.29) is 35.8 Å². The van der Waals surface area contributed by atoms with Crippen LogP contribution in [0.5, 0.6) is 0 Å². The average Bonchev–Trinajstić information content (AvgIpc) is 2.80. The smallest absolute Gasteiger partial charge is 0.333 e. The van der Waals surface area contributed by atoms with Crippen LogP contribution in [0, 0.1) is 5.92 Å². The summed E-state index contributed by atoms with van der Waals surface area (Å²) in [4.78, 5) is 42.9. The van der Waals surface area contributed by atoms with Crippen LogP contribution in [0.25, 0.3) is 0 Å². The SMILES string of the molecule is CCCC(/C=C(\C)C(=O)OCC)N(C)C(=O)C(NC(=O)C1CCCCN1C(C)CC)C(C)C. The number of carbonyl (C=O) groups is 3. The van der Waals surface area contributed by atoms with E-state index in [1.54, 1.807) is 25.8 Å². The Labute approximate surface area is 201 Å². The van der Waals surface area contributed by atoms with E-state index in [9.17, 15) is 14.4 Å². The molecule has 0 aromatic carbocycles. The van der Waals surface area contributed by atoms with Gasteiger partial charge in [-0.2, -0.15) is 0 Å². The van der Waals surface area contributed by atoms with Crippen LogP contribution in [0.15, 0.2) is 11.6 Å². The third-order valence-corrected chi connectivity index (χ3v) is 6.70. The monoisotopic (exact) mass is 465 g/mol. The highest BCUT2D eigenvalue weighted by Crippen LogP contribution is 2.22. The molecule has 1 N–H and O–H groups in total. The van der Waals surface area contributed by atoms with Crippen molar-refractivity contribution in [3.05, 3.63) is 11.6 Å². The Morgan fingerprint density at radius 3 is 2.36 bits per heavy atom. The van der Waals surface area contributed by atoms with E-state index in [0.717, 1.165) is 45.1 Å². The van der Waals surface area contributed by atoms with E-state index in [1.165, 1.54) is 0 Å². The number of likely N-dealkylation sites (tertiary alicyclic amines) is 1. The minimum absolute atomic E-state index is 0.0538. The topological polar surface area (TPSA) is 79.0 Å². The highest BCUT2D eigenvalue weighted by Gasteiger charge is 2.35. The van der Waals surface area contributed by atoms with Crippen molar-refractivity contribution in [1.29, 1.82) is 0 Å². The molecule has 33 heavy (non-hydrogen) atoms. The first-order valence-electron chi connectivity index (χ1n) is 12.8. The molecule has 1 fully saturated rings. The number of ether oxygens (including phenoxy) is 1. The van der Waals surface area contributed by atoms with Gasteiger partial charge < -0.3 is 15.0 Å². The molecule has 190 valence electrons. The van der Waals surface area contributed by atoms with E-state index in [2.05, 4.69) is 24.1 Å². The van der Waals surface area contributed by atoms with Crippen molar-refractivity contribution in [2.24, 2.45) is 5.92 Å². The predicted octanol–water partition coefficient (Wildman–Crippen LogP) is 3.92. The lowest BCUT2D eigenvalue weighted by Gasteiger charge is -2.40. The number of hydrogen-bond acceptors (Lipinski definition) is 5. The third-order valence-electron chi connectivity index (χ3n) is 6.70. The van der Waals surface area contributed by atoms with Gasteiger partial charge in [0, 0.05) is 18.7 Å². The molecular formula is C26H47N3O4. The van der Waals surface area contributed by atoms with Gasteiger partial charge in [0.25, 0.3) is 0 Å². The zero-order valence-electron chi connectivity index (χ0n) is 22.1. The summed E-state index contributed by atoms with van der Waals surface area (Å²) in [6, 6.07) is -0.706. The predicted molar refractivity (Wildman–Crippen MR) is 133 cm³/mol. The molecular weight excluding hydrogens is 418 g/mol. The molecule has 0 radical (unpaired) electrons. The maximum absolute atomic E-state index is 13.5. The van der Waals surface area contributed by atoms with Gasteiger partial charge in [0.15, 0.2) is 0 Å². The molecule has 0 spiro atoms. The van der Waals surface area contributed by atoms with Crippen LogP contribution in [0.4, 0.5) is 0 Å². The van der Waals surface area contributed by atoms with E-state index >= 15 is 0 Å². The number of carbonyl (C=O) groups excluding carboxylic acids is 3. The van der Waals surface area contributed by atoms with Crippen molar-refractivity contribution in [3.63, 3.8) is 0 Å². The minimum atomic E-state index is -0.612. The largest absolute Gasteiger partial charge is 0.463 e. The summed E-state index contributed by atoms with van der Waals surface area (Å²) in [5, 5.41) is 3.09. The van der Waals surface area contributed by atoms with Crippen LogP contribution in [-0.4, -0.2) is 72.0 Å². The molecule has 1 aliphatic heterocycles. The molecule has 4 atom stereocenters. The maximum atomic E-state index is 13.5. The lowest BCUT2D eigenvalue weighted by molar-refractivity contribution is -0.140. The fourth-order valence-corrected chi connectivity index (χ4v) is 4.43. The Morgan fingerprint density at radius 2 is 1.82 bits per heavy atom. The first kappa shape index (κ1) is 29.1. The highest BCUT2D eigenvalue weighted by molar-refractivity contribution is 5.91. The van der Waals surface area contributed by atoms with Gasteiger partial charge in [-0.3, -0.25) is 14.5 Å². The van der Waals surface area contributed by atoms with Crippen molar-refractivity contribution < 1.29 is 19.1 Å². The molecule has 1 rings (SSSR count). The van der Waals surface area contributed by atoms with Gasteiger partial charge in [0.1, 0.15) is 6.04 Å². The van der Waals surface area contributed by atoms with Crippen molar-refractivity contribution in [2.45, 2.75) is 111 Å². The van der Waals surface area contributed by atoms with Crippen molar-refractivity contribution in [2.75, 3.05) is 20.2 Å². The standard InChI is InChI=1S/C26H47N3O4/c1-9-14-21(17-19(6)26(32)33-11-3)28(8)25(31)23(18(4)5)27-24(30)22-15-12-13-16-29(22)20(7)10-2/h17-18,20-23H,9-16H2,1-8H3,(H,27,30)/b19-17+. The first-order valence-corrected chi connectivity index (χ1v) is 12.8. The van der Waals surface area contributed by atoms with Crippen molar-refractivity contribution in [3.8, 4) is 0 Å². The molecule has 7 heteroatoms. The van der Waals surface area contributed by atoms with E-state index < -0.39 is 6.04 Å². The van der Waals surface area contributed by atoms with Crippen LogP contribution in [0.1, 0.15) is 87.0 Å². The molecule has 1 saturated heterocycles. The Morgan fingerprint density at radius 1 is 1.15 bits per heavy atom. The quantitative estimate of drug-likeness (QED) is 0.349. The lowest BCUT2D eigenvalue weighted by atomic mass is 9.96. The molecule has 4 unspecified atom stereocenters.